The Hall–Kier alpha value is -1.93. The van der Waals surface area contributed by atoms with Crippen LogP contribution in [0.5, 0.6) is 0 Å². The molecule has 142 valence electrons. The number of nitrogens with zero attached hydrogens (tertiary/aromatic N) is 2. The summed E-state index contributed by atoms with van der Waals surface area (Å²) in [5.41, 5.74) is 0. The van der Waals surface area contributed by atoms with Gasteiger partial charge in [0.25, 0.3) is 0 Å². The van der Waals surface area contributed by atoms with E-state index < -0.39 is 15.9 Å². The molecule has 2 aliphatic rings. The predicted octanol–water partition coefficient (Wildman–Crippen LogP) is 0.129. The largest absolute Gasteiger partial charge is 0.357 e. The van der Waals surface area contributed by atoms with Gasteiger partial charge in [-0.25, -0.2) is 8.42 Å². The summed E-state index contributed by atoms with van der Waals surface area (Å²) in [4.78, 5) is 28.6. The van der Waals surface area contributed by atoms with E-state index in [9.17, 15) is 18.0 Å². The summed E-state index contributed by atoms with van der Waals surface area (Å²) in [7, 11) is -1.80. The third-order valence-corrected chi connectivity index (χ3v) is 6.71. The molecule has 1 aliphatic carbocycles. The minimum atomic E-state index is -3.36. The molecule has 0 spiro atoms. The Morgan fingerprint density at radius 1 is 1.15 bits per heavy atom. The SMILES string of the molecule is CNC(=O)C1CN(CCS(=O)(=O)c2ccccc2)CCN1C(=O)C1CC1. The monoisotopic (exact) mass is 379 g/mol. The fraction of sp³-hybridized carbons (Fsp3) is 0.556. The zero-order valence-corrected chi connectivity index (χ0v) is 15.7. The molecule has 26 heavy (non-hydrogen) atoms. The summed E-state index contributed by atoms with van der Waals surface area (Å²) in [5.74, 6) is -0.0921. The second-order valence-electron chi connectivity index (χ2n) is 6.87. The van der Waals surface area contributed by atoms with Crippen LogP contribution in [0, 0.1) is 5.92 Å². The average molecular weight is 379 g/mol. The summed E-state index contributed by atoms with van der Waals surface area (Å²) in [5, 5.41) is 2.62. The third kappa shape index (κ3) is 4.24. The number of hydrogen-bond donors (Lipinski definition) is 1. The Bertz CT molecular complexity index is 762. The lowest BCUT2D eigenvalue weighted by molar-refractivity contribution is -0.144. The van der Waals surface area contributed by atoms with Crippen LogP contribution in [0.3, 0.4) is 0 Å². The molecular weight excluding hydrogens is 354 g/mol. The van der Waals surface area contributed by atoms with Crippen molar-refractivity contribution in [3.63, 3.8) is 0 Å². The van der Waals surface area contributed by atoms with Crippen molar-refractivity contribution < 1.29 is 18.0 Å². The molecule has 1 unspecified atom stereocenters. The fourth-order valence-corrected chi connectivity index (χ4v) is 4.56. The summed E-state index contributed by atoms with van der Waals surface area (Å²) in [6, 6.07) is 7.82. The molecule has 2 amide bonds. The Kier molecular flexibility index (Phi) is 5.62. The normalized spacial score (nSPS) is 21.4. The molecule has 0 aromatic heterocycles. The van der Waals surface area contributed by atoms with Gasteiger partial charge in [-0.05, 0) is 25.0 Å². The lowest BCUT2D eigenvalue weighted by Crippen LogP contribution is -2.61. The molecule has 1 atom stereocenters. The number of carbonyl (C=O) groups excluding carboxylic acids is 2. The maximum Gasteiger partial charge on any atom is 0.243 e. The second-order valence-corrected chi connectivity index (χ2v) is 8.98. The molecule has 3 rings (SSSR count). The van der Waals surface area contributed by atoms with Gasteiger partial charge in [0.05, 0.1) is 10.6 Å². The summed E-state index contributed by atoms with van der Waals surface area (Å²) >= 11 is 0. The molecule has 0 bridgehead atoms. The number of benzene rings is 1. The highest BCUT2D eigenvalue weighted by atomic mass is 32.2. The van der Waals surface area contributed by atoms with Gasteiger partial charge < -0.3 is 10.2 Å². The number of carbonyl (C=O) groups is 2. The first-order valence-corrected chi connectivity index (χ1v) is 10.6. The summed E-state index contributed by atoms with van der Waals surface area (Å²) < 4.78 is 24.9. The van der Waals surface area contributed by atoms with Crippen LogP contribution in [0.2, 0.25) is 0 Å². The molecule has 7 nitrogen and oxygen atoms in total. The van der Waals surface area contributed by atoms with Gasteiger partial charge >= 0.3 is 0 Å². The zero-order chi connectivity index (χ0) is 18.7. The van der Waals surface area contributed by atoms with Crippen molar-refractivity contribution in [1.29, 1.82) is 0 Å². The van der Waals surface area contributed by atoms with Crippen molar-refractivity contribution in [1.82, 2.24) is 15.1 Å². The van der Waals surface area contributed by atoms with Crippen LogP contribution in [0.1, 0.15) is 12.8 Å². The maximum absolute atomic E-state index is 12.4. The van der Waals surface area contributed by atoms with Crippen molar-refractivity contribution in [2.24, 2.45) is 5.92 Å². The zero-order valence-electron chi connectivity index (χ0n) is 14.9. The lowest BCUT2D eigenvalue weighted by Gasteiger charge is -2.40. The Balaban J connectivity index is 1.63. The van der Waals surface area contributed by atoms with Crippen molar-refractivity contribution in [3.05, 3.63) is 30.3 Å². The quantitative estimate of drug-likeness (QED) is 0.759. The molecule has 2 fully saturated rings. The van der Waals surface area contributed by atoms with Crippen molar-refractivity contribution in [3.8, 4) is 0 Å². The van der Waals surface area contributed by atoms with Gasteiger partial charge in [-0.1, -0.05) is 18.2 Å². The Morgan fingerprint density at radius 3 is 2.46 bits per heavy atom. The van der Waals surface area contributed by atoms with Gasteiger partial charge in [0.15, 0.2) is 9.84 Å². The summed E-state index contributed by atoms with van der Waals surface area (Å²) in [6.45, 7) is 1.74. The van der Waals surface area contributed by atoms with Gasteiger partial charge in [-0.2, -0.15) is 0 Å². The van der Waals surface area contributed by atoms with Crippen LogP contribution in [0.25, 0.3) is 0 Å². The van der Waals surface area contributed by atoms with E-state index in [2.05, 4.69) is 5.32 Å². The van der Waals surface area contributed by atoms with Crippen molar-refractivity contribution in [2.75, 3.05) is 39.0 Å². The van der Waals surface area contributed by atoms with Crippen molar-refractivity contribution in [2.45, 2.75) is 23.8 Å². The molecule has 1 aliphatic heterocycles. The first kappa shape index (κ1) is 18.8. The average Bonchev–Trinajstić information content (AvgIpc) is 3.51. The topological polar surface area (TPSA) is 86.8 Å². The molecule has 8 heteroatoms. The molecule has 1 saturated heterocycles. The van der Waals surface area contributed by atoms with Gasteiger partial charge in [-0.3, -0.25) is 14.5 Å². The van der Waals surface area contributed by atoms with Gasteiger partial charge in [-0.15, -0.1) is 0 Å². The minimum Gasteiger partial charge on any atom is -0.357 e. The van der Waals surface area contributed by atoms with Gasteiger partial charge in [0.2, 0.25) is 11.8 Å². The Morgan fingerprint density at radius 2 is 1.85 bits per heavy atom. The van der Waals surface area contributed by atoms with E-state index in [1.165, 1.54) is 0 Å². The maximum atomic E-state index is 12.4. The lowest BCUT2D eigenvalue weighted by atomic mass is 10.1. The van der Waals surface area contributed by atoms with E-state index in [0.717, 1.165) is 12.8 Å². The van der Waals surface area contributed by atoms with E-state index >= 15 is 0 Å². The number of nitrogens with one attached hydrogen (secondary N) is 1. The van der Waals surface area contributed by atoms with Crippen LogP contribution in [-0.2, 0) is 19.4 Å². The van der Waals surface area contributed by atoms with E-state index in [4.69, 9.17) is 0 Å². The number of amides is 2. The van der Waals surface area contributed by atoms with Gasteiger partial charge in [0, 0.05) is 39.1 Å². The van der Waals surface area contributed by atoms with E-state index in [-0.39, 0.29) is 23.5 Å². The first-order valence-electron chi connectivity index (χ1n) is 8.94. The first-order chi connectivity index (χ1) is 12.4. The van der Waals surface area contributed by atoms with E-state index in [0.29, 0.717) is 31.1 Å². The third-order valence-electron chi connectivity index (χ3n) is 5.00. The van der Waals surface area contributed by atoms with Gasteiger partial charge in [0.1, 0.15) is 6.04 Å². The van der Waals surface area contributed by atoms with E-state index in [1.807, 2.05) is 4.90 Å². The molecule has 0 radical (unpaired) electrons. The number of rotatable bonds is 6. The molecule has 1 aromatic carbocycles. The van der Waals surface area contributed by atoms with Crippen molar-refractivity contribution >= 4 is 21.7 Å². The minimum absolute atomic E-state index is 0.00590. The van der Waals surface area contributed by atoms with Crippen LogP contribution in [-0.4, -0.2) is 75.1 Å². The Labute approximate surface area is 154 Å². The second kappa shape index (κ2) is 7.75. The molecule has 1 saturated carbocycles. The highest BCUT2D eigenvalue weighted by molar-refractivity contribution is 7.91. The highest BCUT2D eigenvalue weighted by Gasteiger charge is 2.41. The number of hydrogen-bond acceptors (Lipinski definition) is 5. The molecule has 1 N–H and O–H groups in total. The molecule has 1 heterocycles. The van der Waals surface area contributed by atoms with Crippen LogP contribution in [0.15, 0.2) is 35.2 Å². The number of sulfone groups is 1. The van der Waals surface area contributed by atoms with Crippen LogP contribution in [0.4, 0.5) is 0 Å². The van der Waals surface area contributed by atoms with E-state index in [1.54, 1.807) is 42.3 Å². The number of piperazine rings is 1. The predicted molar refractivity (Wildman–Crippen MR) is 97.2 cm³/mol. The number of likely N-dealkylation sites (N-methyl/N-ethyl adjacent to an activating group) is 1. The highest BCUT2D eigenvalue weighted by Crippen LogP contribution is 2.32. The molecule has 1 aromatic rings. The van der Waals surface area contributed by atoms with Crippen LogP contribution >= 0.6 is 0 Å². The standard InChI is InChI=1S/C18H25N3O4S/c1-19-17(22)16-13-20(9-10-21(16)18(23)14-7-8-14)11-12-26(24,25)15-5-3-2-4-6-15/h2-6,14,16H,7-13H2,1H3,(H,19,22). The smallest absolute Gasteiger partial charge is 0.243 e. The summed E-state index contributed by atoms with van der Waals surface area (Å²) in [6.07, 6.45) is 1.80. The fourth-order valence-electron chi connectivity index (χ4n) is 3.26. The van der Waals surface area contributed by atoms with Crippen LogP contribution < -0.4 is 5.32 Å². The molecular formula is C18H25N3O4S.